The van der Waals surface area contributed by atoms with E-state index in [9.17, 15) is 4.79 Å². The highest BCUT2D eigenvalue weighted by Crippen LogP contribution is 2.09. The van der Waals surface area contributed by atoms with Crippen LogP contribution in [0.1, 0.15) is 21.7 Å². The number of aromatic nitrogens is 1. The summed E-state index contributed by atoms with van der Waals surface area (Å²) in [5.74, 6) is 0. The predicted octanol–water partition coefficient (Wildman–Crippen LogP) is 1.45. The largest absolute Gasteiger partial charge is 0.346 e. The summed E-state index contributed by atoms with van der Waals surface area (Å²) in [5, 5.41) is 0. The molecule has 0 spiro atoms. The quantitative estimate of drug-likeness (QED) is 0.537. The Morgan fingerprint density at radius 2 is 2.10 bits per heavy atom. The van der Waals surface area contributed by atoms with E-state index in [2.05, 4.69) is 0 Å². The molecule has 2 heteroatoms. The van der Waals surface area contributed by atoms with Gasteiger partial charge in [-0.2, -0.15) is 0 Å². The van der Waals surface area contributed by atoms with Crippen LogP contribution in [0.2, 0.25) is 0 Å². The lowest BCUT2D eigenvalue weighted by atomic mass is 10.3. The Labute approximate surface area is 60.5 Å². The lowest BCUT2D eigenvalue weighted by Gasteiger charge is -1.96. The van der Waals surface area contributed by atoms with Gasteiger partial charge < -0.3 is 4.57 Å². The van der Waals surface area contributed by atoms with Crippen LogP contribution in [-0.2, 0) is 7.05 Å². The van der Waals surface area contributed by atoms with E-state index < -0.39 is 0 Å². The van der Waals surface area contributed by atoms with Gasteiger partial charge in [0.2, 0.25) is 0 Å². The van der Waals surface area contributed by atoms with Crippen LogP contribution in [0.3, 0.4) is 0 Å². The van der Waals surface area contributed by atoms with Gasteiger partial charge in [-0.05, 0) is 25.5 Å². The first-order valence-corrected chi connectivity index (χ1v) is 3.25. The molecule has 1 aromatic heterocycles. The second-order valence-electron chi connectivity index (χ2n) is 2.53. The summed E-state index contributed by atoms with van der Waals surface area (Å²) in [6.45, 7) is 3.93. The molecule has 0 amide bonds. The van der Waals surface area contributed by atoms with Crippen molar-refractivity contribution in [2.75, 3.05) is 0 Å². The maximum Gasteiger partial charge on any atom is 0.166 e. The fourth-order valence-corrected chi connectivity index (χ4v) is 1.11. The molecule has 0 unspecified atom stereocenters. The minimum Gasteiger partial charge on any atom is -0.346 e. The van der Waals surface area contributed by atoms with Crippen molar-refractivity contribution in [2.45, 2.75) is 13.8 Å². The molecule has 0 aliphatic carbocycles. The maximum absolute atomic E-state index is 10.4. The standard InChI is InChI=1S/C8H11NO/c1-6-4-7(2)9(3)8(6)5-10/h4-5H,1-3H3. The molecule has 54 valence electrons. The zero-order chi connectivity index (χ0) is 7.72. The third-order valence-electron chi connectivity index (χ3n) is 1.83. The SMILES string of the molecule is Cc1cc(C)n(C)c1C=O. The Morgan fingerprint density at radius 3 is 2.30 bits per heavy atom. The van der Waals surface area contributed by atoms with Crippen molar-refractivity contribution in [3.05, 3.63) is 23.0 Å². The molecule has 0 bridgehead atoms. The van der Waals surface area contributed by atoms with Crippen LogP contribution in [0.4, 0.5) is 0 Å². The second kappa shape index (κ2) is 2.29. The molecule has 1 aromatic rings. The van der Waals surface area contributed by atoms with Crippen LogP contribution in [-0.4, -0.2) is 10.9 Å². The van der Waals surface area contributed by atoms with Gasteiger partial charge in [0.15, 0.2) is 6.29 Å². The van der Waals surface area contributed by atoms with Crippen molar-refractivity contribution in [1.29, 1.82) is 0 Å². The molecule has 0 aliphatic rings. The monoisotopic (exact) mass is 137 g/mol. The normalized spacial score (nSPS) is 9.90. The molecule has 0 saturated heterocycles. The highest BCUT2D eigenvalue weighted by molar-refractivity contribution is 5.75. The van der Waals surface area contributed by atoms with Gasteiger partial charge in [-0.25, -0.2) is 0 Å². The zero-order valence-corrected chi connectivity index (χ0v) is 6.51. The van der Waals surface area contributed by atoms with Crippen LogP contribution in [0, 0.1) is 13.8 Å². The first-order valence-electron chi connectivity index (χ1n) is 3.25. The number of carbonyl (C=O) groups excluding carboxylic acids is 1. The summed E-state index contributed by atoms with van der Waals surface area (Å²) < 4.78 is 1.89. The maximum atomic E-state index is 10.4. The Morgan fingerprint density at radius 1 is 1.50 bits per heavy atom. The topological polar surface area (TPSA) is 22.0 Å². The van der Waals surface area contributed by atoms with Crippen molar-refractivity contribution < 1.29 is 4.79 Å². The molecular weight excluding hydrogens is 126 g/mol. The lowest BCUT2D eigenvalue weighted by molar-refractivity contribution is 0.111. The van der Waals surface area contributed by atoms with E-state index in [1.165, 1.54) is 0 Å². The van der Waals surface area contributed by atoms with Crippen LogP contribution in [0.25, 0.3) is 0 Å². The Hall–Kier alpha value is -1.05. The first-order chi connectivity index (χ1) is 4.66. The summed E-state index contributed by atoms with van der Waals surface area (Å²) in [6.07, 6.45) is 0.891. The van der Waals surface area contributed by atoms with Crippen molar-refractivity contribution in [1.82, 2.24) is 4.57 Å². The van der Waals surface area contributed by atoms with Gasteiger partial charge >= 0.3 is 0 Å². The predicted molar refractivity (Wildman–Crippen MR) is 40.3 cm³/mol. The molecule has 0 radical (unpaired) electrons. The van der Waals surface area contributed by atoms with Crippen LogP contribution < -0.4 is 0 Å². The lowest BCUT2D eigenvalue weighted by Crippen LogP contribution is -1.96. The molecule has 0 N–H and O–H groups in total. The van der Waals surface area contributed by atoms with Gasteiger partial charge in [0, 0.05) is 12.7 Å². The van der Waals surface area contributed by atoms with Gasteiger partial charge in [0.25, 0.3) is 0 Å². The first kappa shape index (κ1) is 7.06. The van der Waals surface area contributed by atoms with E-state index in [4.69, 9.17) is 0 Å². The summed E-state index contributed by atoms with van der Waals surface area (Å²) in [4.78, 5) is 10.4. The Bertz CT molecular complexity index is 260. The molecular formula is C8H11NO. The average molecular weight is 137 g/mol. The third kappa shape index (κ3) is 0.856. The fourth-order valence-electron chi connectivity index (χ4n) is 1.11. The summed E-state index contributed by atoms with van der Waals surface area (Å²) in [6, 6.07) is 2.00. The van der Waals surface area contributed by atoms with Crippen molar-refractivity contribution in [3.63, 3.8) is 0 Å². The zero-order valence-electron chi connectivity index (χ0n) is 6.51. The van der Waals surface area contributed by atoms with E-state index in [0.29, 0.717) is 0 Å². The highest BCUT2D eigenvalue weighted by atomic mass is 16.1. The van der Waals surface area contributed by atoms with Gasteiger partial charge in [0.05, 0.1) is 5.69 Å². The van der Waals surface area contributed by atoms with E-state index in [0.717, 1.165) is 23.2 Å². The number of hydrogen-bond donors (Lipinski definition) is 0. The van der Waals surface area contributed by atoms with E-state index in [1.807, 2.05) is 31.5 Å². The van der Waals surface area contributed by atoms with Gasteiger partial charge in [-0.3, -0.25) is 4.79 Å². The number of aryl methyl sites for hydroxylation is 2. The second-order valence-corrected chi connectivity index (χ2v) is 2.53. The molecule has 0 aliphatic heterocycles. The summed E-state index contributed by atoms with van der Waals surface area (Å²) >= 11 is 0. The molecule has 1 heterocycles. The Balaban J connectivity index is 3.33. The van der Waals surface area contributed by atoms with Gasteiger partial charge in [0.1, 0.15) is 0 Å². The number of rotatable bonds is 1. The minimum absolute atomic E-state index is 0.775. The van der Waals surface area contributed by atoms with Crippen molar-refractivity contribution in [2.24, 2.45) is 7.05 Å². The van der Waals surface area contributed by atoms with E-state index in [-0.39, 0.29) is 0 Å². The number of hydrogen-bond acceptors (Lipinski definition) is 1. The minimum atomic E-state index is 0.775. The van der Waals surface area contributed by atoms with Gasteiger partial charge in [-0.1, -0.05) is 0 Å². The third-order valence-corrected chi connectivity index (χ3v) is 1.83. The van der Waals surface area contributed by atoms with Crippen molar-refractivity contribution in [3.8, 4) is 0 Å². The molecule has 1 rings (SSSR count). The van der Waals surface area contributed by atoms with Crippen molar-refractivity contribution >= 4 is 6.29 Å². The van der Waals surface area contributed by atoms with Crippen LogP contribution in [0.15, 0.2) is 6.07 Å². The number of aldehydes is 1. The summed E-state index contributed by atoms with van der Waals surface area (Å²) in [5.41, 5.74) is 2.95. The van der Waals surface area contributed by atoms with E-state index >= 15 is 0 Å². The Kier molecular flexibility index (Phi) is 1.62. The molecule has 0 aromatic carbocycles. The van der Waals surface area contributed by atoms with Crippen LogP contribution >= 0.6 is 0 Å². The number of carbonyl (C=O) groups is 1. The smallest absolute Gasteiger partial charge is 0.166 e. The number of nitrogens with zero attached hydrogens (tertiary/aromatic N) is 1. The molecule has 0 saturated carbocycles. The molecule has 0 atom stereocenters. The molecule has 2 nitrogen and oxygen atoms in total. The average Bonchev–Trinajstić information content (AvgIpc) is 2.09. The van der Waals surface area contributed by atoms with Gasteiger partial charge in [-0.15, -0.1) is 0 Å². The summed E-state index contributed by atoms with van der Waals surface area (Å²) in [7, 11) is 1.89. The molecule has 0 fully saturated rings. The fraction of sp³-hybridized carbons (Fsp3) is 0.375. The van der Waals surface area contributed by atoms with E-state index in [1.54, 1.807) is 0 Å². The molecule has 10 heavy (non-hydrogen) atoms. The highest BCUT2D eigenvalue weighted by Gasteiger charge is 2.03. The van der Waals surface area contributed by atoms with Crippen LogP contribution in [0.5, 0.6) is 0 Å².